The lowest BCUT2D eigenvalue weighted by Gasteiger charge is -2.61. The molecule has 5 rings (SSSR count). The second-order valence-electron chi connectivity index (χ2n) is 11.9. The van der Waals surface area contributed by atoms with Crippen molar-refractivity contribution in [3.05, 3.63) is 30.1 Å². The number of alkyl halides is 3. The maximum Gasteiger partial charge on any atom is 0.389 e. The minimum absolute atomic E-state index is 0.141. The number of hydrogen-bond donors (Lipinski definition) is 0. The molecule has 4 fully saturated rings. The van der Waals surface area contributed by atoms with Gasteiger partial charge in [0.1, 0.15) is 0 Å². The summed E-state index contributed by atoms with van der Waals surface area (Å²) in [6, 6.07) is 4.31. The Kier molecular flexibility index (Phi) is 7.23. The lowest BCUT2D eigenvalue weighted by molar-refractivity contribution is -0.144. The minimum Gasteiger partial charge on any atom is -0.264 e. The fourth-order valence-electron chi connectivity index (χ4n) is 9.10. The molecule has 0 spiro atoms. The van der Waals surface area contributed by atoms with Crippen LogP contribution < -0.4 is 0 Å². The molecule has 0 amide bonds. The van der Waals surface area contributed by atoms with Crippen LogP contribution in [0.1, 0.15) is 110 Å². The summed E-state index contributed by atoms with van der Waals surface area (Å²) in [5, 5.41) is 0. The summed E-state index contributed by atoms with van der Waals surface area (Å²) in [6.45, 7) is 8.93. The molecule has 1 aromatic heterocycles. The van der Waals surface area contributed by atoms with E-state index in [4.69, 9.17) is 0 Å². The Labute approximate surface area is 199 Å². The second-order valence-corrected chi connectivity index (χ2v) is 11.9. The molecule has 1 aromatic rings. The fourth-order valence-corrected chi connectivity index (χ4v) is 9.10. The Hall–Kier alpha value is -1.06. The topological polar surface area (TPSA) is 12.9 Å². The smallest absolute Gasteiger partial charge is 0.264 e. The fraction of sp³-hybridized carbons (Fsp3) is 0.828. The van der Waals surface area contributed by atoms with Gasteiger partial charge in [-0.1, -0.05) is 33.8 Å². The number of fused-ring (bicyclic) bond motifs is 5. The van der Waals surface area contributed by atoms with Crippen molar-refractivity contribution in [1.82, 2.24) is 4.98 Å². The van der Waals surface area contributed by atoms with Gasteiger partial charge in [0.05, 0.1) is 0 Å². The Morgan fingerprint density at radius 3 is 2.36 bits per heavy atom. The molecule has 4 saturated carbocycles. The van der Waals surface area contributed by atoms with E-state index < -0.39 is 12.6 Å². The Bertz CT molecular complexity index is 777. The molecule has 33 heavy (non-hydrogen) atoms. The maximum absolute atomic E-state index is 12.9. The van der Waals surface area contributed by atoms with E-state index >= 15 is 0 Å². The van der Waals surface area contributed by atoms with Crippen molar-refractivity contribution in [2.75, 3.05) is 0 Å². The predicted octanol–water partition coefficient (Wildman–Crippen LogP) is 9.19. The monoisotopic (exact) mass is 463 g/mol. The molecule has 4 heteroatoms. The molecule has 8 atom stereocenters. The Morgan fingerprint density at radius 2 is 1.67 bits per heavy atom. The van der Waals surface area contributed by atoms with Crippen molar-refractivity contribution in [3.8, 4) is 0 Å². The van der Waals surface area contributed by atoms with Crippen molar-refractivity contribution in [1.29, 1.82) is 0 Å². The first kappa shape index (κ1) is 25.0. The van der Waals surface area contributed by atoms with Crippen LogP contribution in [0.4, 0.5) is 13.2 Å². The van der Waals surface area contributed by atoms with Crippen molar-refractivity contribution in [2.45, 2.75) is 110 Å². The highest BCUT2D eigenvalue weighted by atomic mass is 19.4. The van der Waals surface area contributed by atoms with Crippen LogP contribution in [0.5, 0.6) is 0 Å². The minimum atomic E-state index is -4.01. The van der Waals surface area contributed by atoms with E-state index in [2.05, 4.69) is 37.2 Å². The highest BCUT2D eigenvalue weighted by Crippen LogP contribution is 2.68. The summed E-state index contributed by atoms with van der Waals surface area (Å²) < 4.78 is 38.7. The summed E-state index contributed by atoms with van der Waals surface area (Å²) in [6.07, 6.45) is 10.7. The van der Waals surface area contributed by atoms with Crippen molar-refractivity contribution < 1.29 is 13.2 Å². The van der Waals surface area contributed by atoms with Gasteiger partial charge in [-0.05, 0) is 122 Å². The largest absolute Gasteiger partial charge is 0.389 e. The molecule has 1 nitrogen and oxygen atoms in total. The predicted molar refractivity (Wildman–Crippen MR) is 129 cm³/mol. The second kappa shape index (κ2) is 9.53. The molecule has 0 bridgehead atoms. The number of nitrogens with zero attached hydrogens (tertiary/aromatic N) is 1. The highest BCUT2D eigenvalue weighted by Gasteiger charge is 2.60. The molecule has 1 heterocycles. The molecule has 4 aliphatic carbocycles. The lowest BCUT2D eigenvalue weighted by Crippen LogP contribution is -2.53. The van der Waals surface area contributed by atoms with E-state index in [0.717, 1.165) is 30.6 Å². The molecule has 4 aliphatic rings. The molecule has 3 unspecified atom stereocenters. The summed E-state index contributed by atoms with van der Waals surface area (Å²) >= 11 is 0. The van der Waals surface area contributed by atoms with E-state index in [0.29, 0.717) is 23.7 Å². The summed E-state index contributed by atoms with van der Waals surface area (Å²) in [5.74, 6) is 3.88. The van der Waals surface area contributed by atoms with Crippen LogP contribution in [0.25, 0.3) is 0 Å². The van der Waals surface area contributed by atoms with Crippen LogP contribution in [0, 0.1) is 40.4 Å². The van der Waals surface area contributed by atoms with Crippen LogP contribution in [0.2, 0.25) is 0 Å². The van der Waals surface area contributed by atoms with Gasteiger partial charge in [0.15, 0.2) is 0 Å². The number of aromatic nitrogens is 1. The third-order valence-corrected chi connectivity index (χ3v) is 10.8. The van der Waals surface area contributed by atoms with Gasteiger partial charge < -0.3 is 0 Å². The summed E-state index contributed by atoms with van der Waals surface area (Å²) in [7, 11) is 0. The van der Waals surface area contributed by atoms with Gasteiger partial charge in [-0.2, -0.15) is 13.2 Å². The van der Waals surface area contributed by atoms with Gasteiger partial charge in [-0.3, -0.25) is 4.98 Å². The number of hydrogen-bond acceptors (Lipinski definition) is 1. The molecular formula is C29H44F3N. The van der Waals surface area contributed by atoms with Crippen LogP contribution in [0.3, 0.4) is 0 Å². The van der Waals surface area contributed by atoms with E-state index in [9.17, 15) is 13.2 Å². The zero-order chi connectivity index (χ0) is 23.9. The van der Waals surface area contributed by atoms with Crippen molar-refractivity contribution in [2.24, 2.45) is 40.4 Å². The number of rotatable bonds is 3. The van der Waals surface area contributed by atoms with Gasteiger partial charge in [0, 0.05) is 18.8 Å². The van der Waals surface area contributed by atoms with Gasteiger partial charge in [0.25, 0.3) is 0 Å². The maximum atomic E-state index is 12.9. The van der Waals surface area contributed by atoms with Crippen molar-refractivity contribution in [3.63, 3.8) is 0 Å². The van der Waals surface area contributed by atoms with E-state index in [1.165, 1.54) is 50.5 Å². The highest BCUT2D eigenvalue weighted by molar-refractivity contribution is 5.18. The normalized spacial score (nSPS) is 42.4. The summed E-state index contributed by atoms with van der Waals surface area (Å²) in [4.78, 5) is 4.36. The van der Waals surface area contributed by atoms with E-state index in [1.54, 1.807) is 0 Å². The third kappa shape index (κ3) is 4.61. The van der Waals surface area contributed by atoms with Crippen molar-refractivity contribution >= 4 is 0 Å². The Balaban J connectivity index is 0.00000126. The first-order valence-corrected chi connectivity index (χ1v) is 13.7. The van der Waals surface area contributed by atoms with Gasteiger partial charge >= 0.3 is 6.18 Å². The molecule has 0 saturated heterocycles. The van der Waals surface area contributed by atoms with Crippen LogP contribution in [-0.4, -0.2) is 11.2 Å². The molecule has 0 aliphatic heterocycles. The SMILES string of the molecule is CC.C[C@]12CCC3[C@@H](CC[C@@H]4C[C@@H](c5cccnc5)CC[C@]34C)C1CCC2CCC(F)(F)F. The number of halogens is 3. The van der Waals surface area contributed by atoms with E-state index in [-0.39, 0.29) is 11.3 Å². The summed E-state index contributed by atoms with van der Waals surface area (Å²) in [5.41, 5.74) is 1.97. The lowest BCUT2D eigenvalue weighted by atomic mass is 9.44. The first-order chi connectivity index (χ1) is 15.7. The van der Waals surface area contributed by atoms with Gasteiger partial charge in [0.2, 0.25) is 0 Å². The van der Waals surface area contributed by atoms with Gasteiger partial charge in [-0.25, -0.2) is 0 Å². The first-order valence-electron chi connectivity index (χ1n) is 13.7. The molecular weight excluding hydrogens is 419 g/mol. The number of pyridine rings is 1. The van der Waals surface area contributed by atoms with Crippen LogP contribution >= 0.6 is 0 Å². The van der Waals surface area contributed by atoms with Crippen LogP contribution in [-0.2, 0) is 0 Å². The van der Waals surface area contributed by atoms with Crippen LogP contribution in [0.15, 0.2) is 24.5 Å². The molecule has 0 N–H and O–H groups in total. The average molecular weight is 464 g/mol. The molecule has 186 valence electrons. The zero-order valence-corrected chi connectivity index (χ0v) is 21.1. The standard InChI is InChI=1S/C27H38F3N.C2H6/c1-25-13-11-24-22(23(25)8-6-20(25)10-14-27(28,29)30)7-5-21-16-18(9-12-26(21,24)2)19-4-3-15-31-17-19;1-2/h3-4,15,17-18,20-24H,5-14,16H2,1-2H3;1-2H3/t18-,20?,21+,22-,23?,24?,25+,26-;/m0./s1. The van der Waals surface area contributed by atoms with Gasteiger partial charge in [-0.15, -0.1) is 0 Å². The molecule has 0 aromatic carbocycles. The quantitative estimate of drug-likeness (QED) is 0.435. The molecule has 0 radical (unpaired) electrons. The van der Waals surface area contributed by atoms with E-state index in [1.807, 2.05) is 20.0 Å². The average Bonchev–Trinajstić information content (AvgIpc) is 3.15. The Morgan fingerprint density at radius 1 is 0.939 bits per heavy atom. The third-order valence-electron chi connectivity index (χ3n) is 10.8. The zero-order valence-electron chi connectivity index (χ0n) is 21.1.